The zero-order valence-corrected chi connectivity index (χ0v) is 14.8. The van der Waals surface area contributed by atoms with Crippen molar-refractivity contribution in [2.45, 2.75) is 6.18 Å². The summed E-state index contributed by atoms with van der Waals surface area (Å²) >= 11 is 0. The van der Waals surface area contributed by atoms with E-state index < -0.39 is 11.7 Å². The van der Waals surface area contributed by atoms with Crippen molar-refractivity contribution < 1.29 is 18.0 Å². The Labute approximate surface area is 157 Å². The summed E-state index contributed by atoms with van der Waals surface area (Å²) < 4.78 is 42.1. The van der Waals surface area contributed by atoms with Crippen LogP contribution in [0.3, 0.4) is 0 Å². The van der Waals surface area contributed by atoms with Crippen LogP contribution in [0, 0.1) is 0 Å². The molecular weight excluding hydrogens is 369 g/mol. The molecule has 0 saturated carbocycles. The number of rotatable bonds is 3. The number of carbonyl (C=O) groups is 1. The zero-order chi connectivity index (χ0) is 20.1. The van der Waals surface area contributed by atoms with Crippen molar-refractivity contribution >= 4 is 33.5 Å². The van der Waals surface area contributed by atoms with Crippen molar-refractivity contribution in [3.8, 4) is 5.69 Å². The molecule has 0 aliphatic carbocycles. The highest BCUT2D eigenvalue weighted by Crippen LogP contribution is 2.34. The van der Waals surface area contributed by atoms with E-state index in [9.17, 15) is 18.0 Å². The van der Waals surface area contributed by atoms with Gasteiger partial charge in [-0.2, -0.15) is 18.3 Å². The second kappa shape index (κ2) is 6.26. The Morgan fingerprint density at radius 3 is 2.50 bits per heavy atom. The Morgan fingerprint density at radius 1 is 1.14 bits per heavy atom. The first-order valence-corrected chi connectivity index (χ1v) is 8.37. The molecule has 0 radical (unpaired) electrons. The molecule has 2 aromatic carbocycles. The maximum atomic E-state index is 12.9. The monoisotopic (exact) mass is 384 g/mol. The fraction of sp³-hybridized carbons (Fsp3) is 0.100. The van der Waals surface area contributed by atoms with Gasteiger partial charge in [-0.15, -0.1) is 0 Å². The highest BCUT2D eigenvalue weighted by molar-refractivity contribution is 6.10. The van der Waals surface area contributed by atoms with Gasteiger partial charge in [-0.05, 0) is 48.5 Å². The fourth-order valence-electron chi connectivity index (χ4n) is 3.22. The molecule has 28 heavy (non-hydrogen) atoms. The molecule has 0 aliphatic rings. The number of hydrogen-bond donors (Lipinski definition) is 1. The number of aryl methyl sites for hydroxylation is 1. The van der Waals surface area contributed by atoms with E-state index >= 15 is 0 Å². The van der Waals surface area contributed by atoms with Gasteiger partial charge >= 0.3 is 6.18 Å². The number of fused-ring (bicyclic) bond motifs is 3. The number of nitrogens with one attached hydrogen (secondary N) is 1. The molecule has 1 N–H and O–H groups in total. The number of aromatic nitrogens is 3. The smallest absolute Gasteiger partial charge is 0.323 e. The number of alkyl halides is 3. The van der Waals surface area contributed by atoms with Crippen molar-refractivity contribution in [1.29, 1.82) is 0 Å². The summed E-state index contributed by atoms with van der Waals surface area (Å²) in [6, 6.07) is 10.3. The van der Waals surface area contributed by atoms with Crippen molar-refractivity contribution in [2.75, 3.05) is 5.32 Å². The van der Waals surface area contributed by atoms with Crippen LogP contribution in [0.5, 0.6) is 0 Å². The fourth-order valence-corrected chi connectivity index (χ4v) is 3.22. The molecule has 0 fully saturated rings. The quantitative estimate of drug-likeness (QED) is 0.523. The van der Waals surface area contributed by atoms with E-state index in [1.54, 1.807) is 34.5 Å². The summed E-state index contributed by atoms with van der Waals surface area (Å²) in [4.78, 5) is 11.6. The number of halogens is 3. The zero-order valence-electron chi connectivity index (χ0n) is 14.8. The van der Waals surface area contributed by atoms with Crippen molar-refractivity contribution in [3.05, 3.63) is 66.9 Å². The standard InChI is InChI=1S/C20H15F3N4O/c1-3-18(28)24-13-6-9-17-15(10-13)16-11-26(2)25-19(16)27(17)14-7-4-12(5-8-14)20(21,22)23/h3-11H,1H2,2H3,(H,24,28). The molecule has 1 amide bonds. The largest absolute Gasteiger partial charge is 0.416 e. The number of anilines is 1. The summed E-state index contributed by atoms with van der Waals surface area (Å²) in [5.74, 6) is -0.330. The second-order valence-corrected chi connectivity index (χ2v) is 6.35. The van der Waals surface area contributed by atoms with Crippen molar-refractivity contribution in [2.24, 2.45) is 7.05 Å². The maximum absolute atomic E-state index is 12.9. The topological polar surface area (TPSA) is 51.9 Å². The Bertz CT molecular complexity index is 1220. The van der Waals surface area contributed by atoms with Gasteiger partial charge in [-0.3, -0.25) is 14.0 Å². The number of benzene rings is 2. The van der Waals surface area contributed by atoms with Gasteiger partial charge in [0.15, 0.2) is 5.65 Å². The Morgan fingerprint density at radius 2 is 1.86 bits per heavy atom. The number of amides is 1. The molecule has 0 unspecified atom stereocenters. The average Bonchev–Trinajstić information content (AvgIpc) is 3.16. The Balaban J connectivity index is 1.92. The van der Waals surface area contributed by atoms with Gasteiger partial charge in [-0.1, -0.05) is 6.58 Å². The molecule has 0 spiro atoms. The van der Waals surface area contributed by atoms with Gasteiger partial charge in [0, 0.05) is 35.4 Å². The lowest BCUT2D eigenvalue weighted by Crippen LogP contribution is -2.07. The van der Waals surface area contributed by atoms with E-state index in [4.69, 9.17) is 0 Å². The molecule has 142 valence electrons. The first-order valence-electron chi connectivity index (χ1n) is 8.37. The molecule has 4 rings (SSSR count). The lowest BCUT2D eigenvalue weighted by Gasteiger charge is -2.10. The normalized spacial score (nSPS) is 11.9. The van der Waals surface area contributed by atoms with Crippen LogP contribution in [0.4, 0.5) is 18.9 Å². The summed E-state index contributed by atoms with van der Waals surface area (Å²) in [5, 5.41) is 8.82. The van der Waals surface area contributed by atoms with Crippen LogP contribution in [0.1, 0.15) is 5.56 Å². The van der Waals surface area contributed by atoms with E-state index in [0.29, 0.717) is 17.0 Å². The highest BCUT2D eigenvalue weighted by atomic mass is 19.4. The van der Waals surface area contributed by atoms with E-state index in [2.05, 4.69) is 17.0 Å². The third-order valence-electron chi connectivity index (χ3n) is 4.45. The van der Waals surface area contributed by atoms with Gasteiger partial charge in [0.25, 0.3) is 0 Å². The molecule has 4 aromatic rings. The molecule has 5 nitrogen and oxygen atoms in total. The minimum Gasteiger partial charge on any atom is -0.323 e. The third kappa shape index (κ3) is 2.92. The van der Waals surface area contributed by atoms with Crippen LogP contribution in [0.25, 0.3) is 27.6 Å². The van der Waals surface area contributed by atoms with Gasteiger partial charge < -0.3 is 5.32 Å². The maximum Gasteiger partial charge on any atom is 0.416 e. The predicted molar refractivity (Wildman–Crippen MR) is 101 cm³/mol. The van der Waals surface area contributed by atoms with E-state index in [1.807, 2.05) is 6.20 Å². The molecule has 0 bridgehead atoms. The third-order valence-corrected chi connectivity index (χ3v) is 4.45. The Kier molecular flexibility index (Phi) is 3.99. The van der Waals surface area contributed by atoms with Gasteiger partial charge in [0.1, 0.15) is 0 Å². The minimum absolute atomic E-state index is 0.330. The molecule has 2 aromatic heterocycles. The minimum atomic E-state index is -4.39. The summed E-state index contributed by atoms with van der Waals surface area (Å²) in [6.07, 6.45) is -1.38. The van der Waals surface area contributed by atoms with E-state index in [0.717, 1.165) is 28.4 Å². The second-order valence-electron chi connectivity index (χ2n) is 6.35. The molecular formula is C20H15F3N4O. The first-order chi connectivity index (χ1) is 13.3. The number of hydrogen-bond acceptors (Lipinski definition) is 2. The predicted octanol–water partition coefficient (Wildman–Crippen LogP) is 4.66. The van der Waals surface area contributed by atoms with Gasteiger partial charge in [-0.25, -0.2) is 0 Å². The molecule has 8 heteroatoms. The summed E-state index contributed by atoms with van der Waals surface area (Å²) in [6.45, 7) is 3.43. The molecule has 0 aliphatic heterocycles. The van der Waals surface area contributed by atoms with Crippen molar-refractivity contribution in [3.63, 3.8) is 0 Å². The first kappa shape index (κ1) is 17.8. The lowest BCUT2D eigenvalue weighted by molar-refractivity contribution is -0.137. The van der Waals surface area contributed by atoms with Crippen LogP contribution in [0.15, 0.2) is 61.3 Å². The summed E-state index contributed by atoms with van der Waals surface area (Å²) in [7, 11) is 1.77. The van der Waals surface area contributed by atoms with E-state index in [-0.39, 0.29) is 5.91 Å². The lowest BCUT2D eigenvalue weighted by atomic mass is 10.2. The van der Waals surface area contributed by atoms with Gasteiger partial charge in [0.2, 0.25) is 5.91 Å². The van der Waals surface area contributed by atoms with Crippen LogP contribution in [0.2, 0.25) is 0 Å². The molecule has 0 saturated heterocycles. The Hall–Kier alpha value is -3.55. The summed E-state index contributed by atoms with van der Waals surface area (Å²) in [5.41, 5.74) is 1.83. The SMILES string of the molecule is C=CC(=O)Nc1ccc2c(c1)c1cn(C)nc1n2-c1ccc(C(F)(F)F)cc1. The van der Waals surface area contributed by atoms with Crippen molar-refractivity contribution in [1.82, 2.24) is 14.3 Å². The van der Waals surface area contributed by atoms with Crippen LogP contribution < -0.4 is 5.32 Å². The van der Waals surface area contributed by atoms with Crippen LogP contribution in [-0.4, -0.2) is 20.3 Å². The molecule has 2 heterocycles. The van der Waals surface area contributed by atoms with Crippen LogP contribution >= 0.6 is 0 Å². The number of carbonyl (C=O) groups excluding carboxylic acids is 1. The average molecular weight is 384 g/mol. The van der Waals surface area contributed by atoms with Gasteiger partial charge in [0.05, 0.1) is 11.1 Å². The van der Waals surface area contributed by atoms with Crippen LogP contribution in [-0.2, 0) is 18.0 Å². The molecule has 0 atom stereocenters. The highest BCUT2D eigenvalue weighted by Gasteiger charge is 2.30. The number of nitrogens with zero attached hydrogens (tertiary/aromatic N) is 3. The van der Waals surface area contributed by atoms with E-state index in [1.165, 1.54) is 18.2 Å².